The van der Waals surface area contributed by atoms with Gasteiger partial charge in [0.1, 0.15) is 5.75 Å². The molecule has 0 unspecified atom stereocenters. The summed E-state index contributed by atoms with van der Waals surface area (Å²) in [7, 11) is 1.60. The first-order valence-electron chi connectivity index (χ1n) is 8.06. The minimum Gasteiger partial charge on any atom is -0.495 e. The molecule has 0 bridgehead atoms. The second kappa shape index (κ2) is 6.61. The number of fused-ring (bicyclic) bond motifs is 1. The molecule has 0 radical (unpaired) electrons. The van der Waals surface area contributed by atoms with E-state index in [1.165, 1.54) is 0 Å². The number of rotatable bonds is 2. The van der Waals surface area contributed by atoms with Crippen LogP contribution in [0, 0.1) is 11.8 Å². The molecule has 1 aromatic carbocycles. The van der Waals surface area contributed by atoms with Crippen LogP contribution in [0.2, 0.25) is 0 Å². The van der Waals surface area contributed by atoms with Gasteiger partial charge in [0, 0.05) is 35.3 Å². The van der Waals surface area contributed by atoms with Crippen LogP contribution in [-0.4, -0.2) is 23.0 Å². The van der Waals surface area contributed by atoms with Crippen molar-refractivity contribution < 1.29 is 9.53 Å². The summed E-state index contributed by atoms with van der Waals surface area (Å²) in [5, 5.41) is 2.89. The summed E-state index contributed by atoms with van der Waals surface area (Å²) < 4.78 is 5.31. The van der Waals surface area contributed by atoms with Crippen LogP contribution in [0.15, 0.2) is 55.0 Å². The Balaban J connectivity index is 1.81. The van der Waals surface area contributed by atoms with Crippen molar-refractivity contribution in [2.75, 3.05) is 12.4 Å². The number of carbonyl (C=O) groups excluding carboxylic acids is 1. The number of nitrogens with one attached hydrogen (secondary N) is 2. The monoisotopic (exact) mass is 341 g/mol. The summed E-state index contributed by atoms with van der Waals surface area (Å²) in [5.74, 6) is 6.77. The Bertz CT molecular complexity index is 1070. The molecule has 26 heavy (non-hydrogen) atoms. The molecule has 0 saturated heterocycles. The van der Waals surface area contributed by atoms with Gasteiger partial charge in [-0.25, -0.2) is 0 Å². The molecule has 5 nitrogen and oxygen atoms in total. The van der Waals surface area contributed by atoms with Gasteiger partial charge in [0.05, 0.1) is 24.1 Å². The van der Waals surface area contributed by atoms with Crippen LogP contribution >= 0.6 is 0 Å². The fraction of sp³-hybridized carbons (Fsp3) is 0.0476. The van der Waals surface area contributed by atoms with Crippen LogP contribution in [0.5, 0.6) is 5.75 Å². The van der Waals surface area contributed by atoms with Gasteiger partial charge in [0.25, 0.3) is 5.91 Å². The zero-order valence-electron chi connectivity index (χ0n) is 14.0. The van der Waals surface area contributed by atoms with Crippen LogP contribution in [0.3, 0.4) is 0 Å². The van der Waals surface area contributed by atoms with Crippen molar-refractivity contribution in [3.63, 3.8) is 0 Å². The topological polar surface area (TPSA) is 67.0 Å². The number of amides is 1. The van der Waals surface area contributed by atoms with Gasteiger partial charge in [-0.1, -0.05) is 17.9 Å². The van der Waals surface area contributed by atoms with Crippen molar-refractivity contribution in [1.82, 2.24) is 9.97 Å². The van der Waals surface area contributed by atoms with E-state index in [1.807, 2.05) is 36.4 Å². The maximum atomic E-state index is 12.5. The zero-order chi connectivity index (χ0) is 17.9. The third-order valence-corrected chi connectivity index (χ3v) is 4.08. The molecule has 1 amide bonds. The first kappa shape index (κ1) is 15.7. The lowest BCUT2D eigenvalue weighted by Gasteiger charge is -2.03. The summed E-state index contributed by atoms with van der Waals surface area (Å²) in [6.45, 7) is 0. The molecule has 0 atom stereocenters. The number of aromatic nitrogens is 2. The third kappa shape index (κ3) is 2.85. The summed E-state index contributed by atoms with van der Waals surface area (Å²) in [6.07, 6.45) is 6.97. The predicted molar refractivity (Wildman–Crippen MR) is 101 cm³/mol. The van der Waals surface area contributed by atoms with Crippen LogP contribution in [0.1, 0.15) is 22.4 Å². The molecule has 1 aliphatic rings. The number of hydrogen-bond acceptors (Lipinski definition) is 3. The van der Waals surface area contributed by atoms with Crippen molar-refractivity contribution in [3.05, 3.63) is 77.4 Å². The maximum Gasteiger partial charge on any atom is 0.256 e. The van der Waals surface area contributed by atoms with Crippen LogP contribution in [0.25, 0.3) is 11.6 Å². The molecule has 5 heteroatoms. The van der Waals surface area contributed by atoms with E-state index in [2.05, 4.69) is 27.1 Å². The molecule has 1 aliphatic heterocycles. The number of pyridine rings is 1. The van der Waals surface area contributed by atoms with Crippen molar-refractivity contribution in [2.45, 2.75) is 0 Å². The lowest BCUT2D eigenvalue weighted by atomic mass is 9.99. The summed E-state index contributed by atoms with van der Waals surface area (Å²) in [6, 6.07) is 11.2. The molecular formula is C21H15N3O2. The molecule has 2 N–H and O–H groups in total. The zero-order valence-corrected chi connectivity index (χ0v) is 14.0. The predicted octanol–water partition coefficient (Wildman–Crippen LogP) is 3.31. The van der Waals surface area contributed by atoms with Gasteiger partial charge < -0.3 is 15.0 Å². The van der Waals surface area contributed by atoms with E-state index in [0.717, 1.165) is 28.1 Å². The highest BCUT2D eigenvalue weighted by atomic mass is 16.5. The van der Waals surface area contributed by atoms with Gasteiger partial charge in [-0.15, -0.1) is 0 Å². The number of H-pyrrole nitrogens is 1. The largest absolute Gasteiger partial charge is 0.495 e. The first-order valence-corrected chi connectivity index (χ1v) is 8.06. The number of aromatic amines is 1. The molecule has 0 saturated carbocycles. The van der Waals surface area contributed by atoms with Crippen molar-refractivity contribution in [1.29, 1.82) is 0 Å². The number of nitrogens with zero attached hydrogens (tertiary/aromatic N) is 1. The second-order valence-electron chi connectivity index (χ2n) is 5.69. The normalized spacial score (nSPS) is 13.7. The van der Waals surface area contributed by atoms with Gasteiger partial charge in [-0.2, -0.15) is 0 Å². The van der Waals surface area contributed by atoms with E-state index in [9.17, 15) is 4.79 Å². The van der Waals surface area contributed by atoms with Gasteiger partial charge in [0.15, 0.2) is 0 Å². The average Bonchev–Trinajstić information content (AvgIpc) is 3.25. The Morgan fingerprint density at radius 2 is 2.08 bits per heavy atom. The van der Waals surface area contributed by atoms with Gasteiger partial charge >= 0.3 is 0 Å². The molecule has 3 aromatic rings. The maximum absolute atomic E-state index is 12.5. The Kier molecular flexibility index (Phi) is 4.00. The minimum absolute atomic E-state index is 0.160. The molecule has 126 valence electrons. The number of ether oxygens (including phenoxy) is 1. The molecule has 0 aliphatic carbocycles. The summed E-state index contributed by atoms with van der Waals surface area (Å²) in [5.41, 5.74) is 4.44. The number of hydrogen-bond donors (Lipinski definition) is 2. The lowest BCUT2D eigenvalue weighted by Crippen LogP contribution is -2.03. The molecular weight excluding hydrogens is 326 g/mol. The molecule has 0 fully saturated rings. The Labute approximate surface area is 150 Å². The van der Waals surface area contributed by atoms with E-state index in [-0.39, 0.29) is 5.91 Å². The molecule has 2 aromatic heterocycles. The van der Waals surface area contributed by atoms with E-state index in [0.29, 0.717) is 11.3 Å². The highest BCUT2D eigenvalue weighted by Crippen LogP contribution is 2.36. The van der Waals surface area contributed by atoms with Crippen LogP contribution in [-0.2, 0) is 4.79 Å². The SMILES string of the molecule is COc1cc[nH]c1C=C1C(=O)Nc2cccc(C#Cc3cccnc3)c21. The van der Waals surface area contributed by atoms with Crippen LogP contribution in [0.4, 0.5) is 5.69 Å². The second-order valence-corrected chi connectivity index (χ2v) is 5.69. The Morgan fingerprint density at radius 1 is 1.15 bits per heavy atom. The number of benzene rings is 1. The number of methoxy groups -OCH3 is 1. The minimum atomic E-state index is -0.160. The summed E-state index contributed by atoms with van der Waals surface area (Å²) in [4.78, 5) is 19.6. The third-order valence-electron chi connectivity index (χ3n) is 4.08. The van der Waals surface area contributed by atoms with E-state index < -0.39 is 0 Å². The summed E-state index contributed by atoms with van der Waals surface area (Å²) >= 11 is 0. The van der Waals surface area contributed by atoms with Gasteiger partial charge in [0.2, 0.25) is 0 Å². The fourth-order valence-electron chi connectivity index (χ4n) is 2.87. The van der Waals surface area contributed by atoms with Crippen molar-refractivity contribution in [3.8, 4) is 17.6 Å². The van der Waals surface area contributed by atoms with Crippen molar-refractivity contribution >= 4 is 23.2 Å². The number of carbonyl (C=O) groups is 1. The molecule has 0 spiro atoms. The highest BCUT2D eigenvalue weighted by molar-refractivity contribution is 6.35. The fourth-order valence-corrected chi connectivity index (χ4v) is 2.87. The molecule has 3 heterocycles. The van der Waals surface area contributed by atoms with Crippen LogP contribution < -0.4 is 10.1 Å². The van der Waals surface area contributed by atoms with Gasteiger partial charge in [-0.3, -0.25) is 9.78 Å². The quantitative estimate of drug-likeness (QED) is 0.555. The van der Waals surface area contributed by atoms with E-state index in [1.54, 1.807) is 31.8 Å². The Morgan fingerprint density at radius 3 is 2.88 bits per heavy atom. The highest BCUT2D eigenvalue weighted by Gasteiger charge is 2.26. The standard InChI is InChI=1S/C21H15N3O2/c1-26-19-9-11-23-18(19)12-16-20-15(5-2-6-17(20)24-21(16)25)8-7-14-4-3-10-22-13-14/h2-6,9-13,23H,1H3,(H,24,25). The number of anilines is 1. The smallest absolute Gasteiger partial charge is 0.256 e. The van der Waals surface area contributed by atoms with Crippen molar-refractivity contribution in [2.24, 2.45) is 0 Å². The first-order chi connectivity index (χ1) is 12.8. The Hall–Kier alpha value is -3.78. The van der Waals surface area contributed by atoms with E-state index in [4.69, 9.17) is 4.74 Å². The average molecular weight is 341 g/mol. The van der Waals surface area contributed by atoms with Gasteiger partial charge in [-0.05, 0) is 36.4 Å². The molecule has 4 rings (SSSR count). The lowest BCUT2D eigenvalue weighted by molar-refractivity contribution is -0.110. The van der Waals surface area contributed by atoms with E-state index >= 15 is 0 Å².